The Morgan fingerprint density at radius 2 is 1.72 bits per heavy atom. The maximum Gasteiger partial charge on any atom is 0.250 e. The van der Waals surface area contributed by atoms with Crippen molar-refractivity contribution in [3.63, 3.8) is 0 Å². The van der Waals surface area contributed by atoms with Gasteiger partial charge in [0, 0.05) is 18.0 Å². The summed E-state index contributed by atoms with van der Waals surface area (Å²) in [4.78, 5) is 12.7. The number of methoxy groups -OCH3 is 1. The standard InChI is InChI=1S/C19H22N2O3S/c1-4-24-19(14(2)22,21-16-8-6-5-7-9-16)18(25)20-15-10-12-17(23-3)13-11-15/h5-13,21H,4H2,1-3H3,(H,20,25). The van der Waals surface area contributed by atoms with Gasteiger partial charge in [0.1, 0.15) is 10.7 Å². The van der Waals surface area contributed by atoms with Crippen LogP contribution < -0.4 is 15.4 Å². The van der Waals surface area contributed by atoms with Crippen molar-refractivity contribution in [2.75, 3.05) is 24.4 Å². The molecule has 25 heavy (non-hydrogen) atoms. The Kier molecular flexibility index (Phi) is 6.50. The molecule has 0 amide bonds. The number of ketones is 1. The second-order valence-corrected chi connectivity index (χ2v) is 5.75. The molecule has 0 radical (unpaired) electrons. The Morgan fingerprint density at radius 1 is 1.08 bits per heavy atom. The average Bonchev–Trinajstić information content (AvgIpc) is 2.62. The van der Waals surface area contributed by atoms with Crippen LogP contribution in [0.15, 0.2) is 54.6 Å². The number of carbonyl (C=O) groups excluding carboxylic acids is 1. The van der Waals surface area contributed by atoms with E-state index in [1.165, 1.54) is 6.92 Å². The Balaban J connectivity index is 2.29. The summed E-state index contributed by atoms with van der Waals surface area (Å²) < 4.78 is 10.9. The maximum atomic E-state index is 12.5. The van der Waals surface area contributed by atoms with E-state index in [-0.39, 0.29) is 10.8 Å². The van der Waals surface area contributed by atoms with Crippen LogP contribution in [-0.2, 0) is 9.53 Å². The summed E-state index contributed by atoms with van der Waals surface area (Å²) in [6.45, 7) is 3.60. The van der Waals surface area contributed by atoms with Crippen LogP contribution in [0.25, 0.3) is 0 Å². The number of para-hydroxylation sites is 1. The van der Waals surface area contributed by atoms with Gasteiger partial charge in [-0.3, -0.25) is 4.79 Å². The third-order valence-electron chi connectivity index (χ3n) is 3.62. The minimum absolute atomic E-state index is 0.232. The van der Waals surface area contributed by atoms with Crippen molar-refractivity contribution in [3.8, 4) is 5.75 Å². The lowest BCUT2D eigenvalue weighted by Gasteiger charge is -2.33. The van der Waals surface area contributed by atoms with Crippen molar-refractivity contribution in [1.82, 2.24) is 0 Å². The number of thiocarbonyl (C=S) groups is 1. The summed E-state index contributed by atoms with van der Waals surface area (Å²) in [5.74, 6) is 0.505. The van der Waals surface area contributed by atoms with E-state index in [0.29, 0.717) is 6.61 Å². The van der Waals surface area contributed by atoms with E-state index in [4.69, 9.17) is 21.7 Å². The molecule has 6 heteroatoms. The van der Waals surface area contributed by atoms with E-state index in [9.17, 15) is 4.79 Å². The minimum Gasteiger partial charge on any atom is -0.497 e. The van der Waals surface area contributed by atoms with Gasteiger partial charge in [0.15, 0.2) is 5.78 Å². The van der Waals surface area contributed by atoms with E-state index in [2.05, 4.69) is 10.6 Å². The van der Waals surface area contributed by atoms with Crippen LogP contribution in [0.2, 0.25) is 0 Å². The van der Waals surface area contributed by atoms with Crippen LogP contribution in [0, 0.1) is 0 Å². The smallest absolute Gasteiger partial charge is 0.250 e. The Labute approximate surface area is 153 Å². The first-order valence-corrected chi connectivity index (χ1v) is 8.36. The van der Waals surface area contributed by atoms with E-state index in [0.717, 1.165) is 17.1 Å². The molecule has 0 aromatic heterocycles. The van der Waals surface area contributed by atoms with Gasteiger partial charge in [-0.05, 0) is 50.2 Å². The molecule has 0 spiro atoms. The van der Waals surface area contributed by atoms with Crippen molar-refractivity contribution < 1.29 is 14.3 Å². The van der Waals surface area contributed by atoms with E-state index < -0.39 is 5.72 Å². The zero-order valence-electron chi connectivity index (χ0n) is 14.5. The number of anilines is 2. The fourth-order valence-corrected chi connectivity index (χ4v) is 2.71. The molecule has 132 valence electrons. The number of Topliss-reactive ketones (excluding diaryl/α,β-unsaturated/α-hetero) is 1. The molecular weight excluding hydrogens is 336 g/mol. The van der Waals surface area contributed by atoms with Gasteiger partial charge in [-0.15, -0.1) is 0 Å². The predicted octanol–water partition coefficient (Wildman–Crippen LogP) is 3.87. The zero-order valence-corrected chi connectivity index (χ0v) is 15.4. The van der Waals surface area contributed by atoms with Crippen LogP contribution in [0.1, 0.15) is 13.8 Å². The SMILES string of the molecule is CCOC(Nc1ccccc1)(C(C)=O)C(=S)Nc1ccc(OC)cc1. The molecular formula is C19H22N2O3S. The Hall–Kier alpha value is -2.44. The largest absolute Gasteiger partial charge is 0.497 e. The molecule has 2 rings (SSSR count). The third kappa shape index (κ3) is 4.55. The molecule has 5 nitrogen and oxygen atoms in total. The van der Waals surface area contributed by atoms with Crippen LogP contribution >= 0.6 is 12.2 Å². The summed E-state index contributed by atoms with van der Waals surface area (Å²) in [7, 11) is 1.60. The lowest BCUT2D eigenvalue weighted by atomic mass is 10.1. The average molecular weight is 358 g/mol. The molecule has 0 aliphatic rings. The fraction of sp³-hybridized carbons (Fsp3) is 0.263. The first kappa shape index (κ1) is 18.9. The number of benzene rings is 2. The Morgan fingerprint density at radius 3 is 2.24 bits per heavy atom. The molecule has 0 heterocycles. The summed E-state index contributed by atoms with van der Waals surface area (Å²) >= 11 is 5.52. The normalized spacial score (nSPS) is 12.8. The number of carbonyl (C=O) groups is 1. The second-order valence-electron chi connectivity index (χ2n) is 5.34. The molecule has 1 unspecified atom stereocenters. The molecule has 0 fully saturated rings. The number of hydrogen-bond acceptors (Lipinski definition) is 5. The number of ether oxygens (including phenoxy) is 2. The minimum atomic E-state index is -1.44. The predicted molar refractivity (Wildman–Crippen MR) is 104 cm³/mol. The monoisotopic (exact) mass is 358 g/mol. The highest BCUT2D eigenvalue weighted by molar-refractivity contribution is 7.80. The molecule has 0 aliphatic heterocycles. The van der Waals surface area contributed by atoms with Gasteiger partial charge in [-0.25, -0.2) is 0 Å². The van der Waals surface area contributed by atoms with E-state index >= 15 is 0 Å². The van der Waals surface area contributed by atoms with Crippen LogP contribution in [0.4, 0.5) is 11.4 Å². The zero-order chi connectivity index (χ0) is 18.3. The Bertz CT molecular complexity index is 719. The number of rotatable bonds is 8. The van der Waals surface area contributed by atoms with Crippen molar-refractivity contribution in [3.05, 3.63) is 54.6 Å². The highest BCUT2D eigenvalue weighted by Gasteiger charge is 2.41. The van der Waals surface area contributed by atoms with Gasteiger partial charge >= 0.3 is 0 Å². The van der Waals surface area contributed by atoms with Crippen LogP contribution in [-0.4, -0.2) is 30.2 Å². The summed E-state index contributed by atoms with van der Waals surface area (Å²) in [5.41, 5.74) is 0.0433. The van der Waals surface area contributed by atoms with Crippen LogP contribution in [0.5, 0.6) is 5.75 Å². The fourth-order valence-electron chi connectivity index (χ4n) is 2.34. The van der Waals surface area contributed by atoms with Gasteiger partial charge in [-0.1, -0.05) is 30.4 Å². The van der Waals surface area contributed by atoms with Gasteiger partial charge < -0.3 is 20.1 Å². The maximum absolute atomic E-state index is 12.5. The topological polar surface area (TPSA) is 59.6 Å². The van der Waals surface area contributed by atoms with Gasteiger partial charge in [0.25, 0.3) is 5.72 Å². The quantitative estimate of drug-likeness (QED) is 0.552. The van der Waals surface area contributed by atoms with E-state index in [1.807, 2.05) is 61.5 Å². The summed E-state index contributed by atoms with van der Waals surface area (Å²) in [6, 6.07) is 16.6. The number of nitrogens with one attached hydrogen (secondary N) is 2. The number of hydrogen-bond donors (Lipinski definition) is 2. The highest BCUT2D eigenvalue weighted by Crippen LogP contribution is 2.23. The first-order chi connectivity index (χ1) is 12.0. The molecule has 1 atom stereocenters. The van der Waals surface area contributed by atoms with Gasteiger partial charge in [0.05, 0.1) is 7.11 Å². The van der Waals surface area contributed by atoms with Crippen molar-refractivity contribution in [2.24, 2.45) is 0 Å². The second kappa shape index (κ2) is 8.60. The first-order valence-electron chi connectivity index (χ1n) is 7.95. The molecule has 0 saturated carbocycles. The molecule has 2 aromatic carbocycles. The van der Waals surface area contributed by atoms with Crippen LogP contribution in [0.3, 0.4) is 0 Å². The van der Waals surface area contributed by atoms with Crippen molar-refractivity contribution >= 4 is 34.4 Å². The molecule has 2 N–H and O–H groups in total. The summed E-state index contributed by atoms with van der Waals surface area (Å²) in [6.07, 6.45) is 0. The third-order valence-corrected chi connectivity index (χ3v) is 4.01. The molecule has 2 aromatic rings. The van der Waals surface area contributed by atoms with E-state index in [1.54, 1.807) is 7.11 Å². The van der Waals surface area contributed by atoms with Gasteiger partial charge in [0.2, 0.25) is 0 Å². The lowest BCUT2D eigenvalue weighted by Crippen LogP contribution is -2.56. The highest BCUT2D eigenvalue weighted by atomic mass is 32.1. The van der Waals surface area contributed by atoms with Crippen molar-refractivity contribution in [1.29, 1.82) is 0 Å². The summed E-state index contributed by atoms with van der Waals surface area (Å²) in [5, 5.41) is 6.22. The lowest BCUT2D eigenvalue weighted by molar-refractivity contribution is -0.130. The molecule has 0 saturated heterocycles. The molecule has 0 bridgehead atoms. The van der Waals surface area contributed by atoms with Gasteiger partial charge in [-0.2, -0.15) is 0 Å². The van der Waals surface area contributed by atoms with Crippen molar-refractivity contribution in [2.45, 2.75) is 19.6 Å². The molecule has 0 aliphatic carbocycles.